The first-order valence-electron chi connectivity index (χ1n) is 4.30. The van der Waals surface area contributed by atoms with Crippen molar-refractivity contribution in [3.8, 4) is 0 Å². The van der Waals surface area contributed by atoms with Gasteiger partial charge in [-0.3, -0.25) is 0 Å². The largest absolute Gasteiger partial charge is 0.356 e. The Balaban J connectivity index is 2.66. The zero-order valence-corrected chi connectivity index (χ0v) is 7.74. The standard InChI is InChI=1S/C10H12N2O/c1-6(11)8-3-4-10-9(5-8)7(2)12-13-10/h3-6H,11H2,1-2H3/t6-/m1/s1. The van der Waals surface area contributed by atoms with Gasteiger partial charge >= 0.3 is 0 Å². The molecule has 3 heteroatoms. The van der Waals surface area contributed by atoms with Crippen molar-refractivity contribution in [1.82, 2.24) is 5.16 Å². The molecular formula is C10H12N2O. The lowest BCUT2D eigenvalue weighted by Gasteiger charge is -2.03. The first-order valence-corrected chi connectivity index (χ1v) is 4.30. The van der Waals surface area contributed by atoms with Crippen LogP contribution in [-0.4, -0.2) is 5.16 Å². The van der Waals surface area contributed by atoms with E-state index in [2.05, 4.69) is 5.16 Å². The summed E-state index contributed by atoms with van der Waals surface area (Å²) in [7, 11) is 0. The zero-order chi connectivity index (χ0) is 9.42. The van der Waals surface area contributed by atoms with E-state index in [-0.39, 0.29) is 6.04 Å². The molecule has 0 aliphatic carbocycles. The van der Waals surface area contributed by atoms with E-state index < -0.39 is 0 Å². The molecule has 0 saturated heterocycles. The number of aromatic nitrogens is 1. The fraction of sp³-hybridized carbons (Fsp3) is 0.300. The molecule has 1 aromatic carbocycles. The molecule has 0 aliphatic rings. The molecule has 1 heterocycles. The molecule has 0 unspecified atom stereocenters. The SMILES string of the molecule is Cc1noc2ccc([C@@H](C)N)cc12. The Morgan fingerprint density at radius 3 is 2.92 bits per heavy atom. The summed E-state index contributed by atoms with van der Waals surface area (Å²) in [5.74, 6) is 0. The molecule has 2 aromatic rings. The third-order valence-electron chi connectivity index (χ3n) is 2.20. The summed E-state index contributed by atoms with van der Waals surface area (Å²) < 4.78 is 5.09. The van der Waals surface area contributed by atoms with Crippen LogP contribution in [0.2, 0.25) is 0 Å². The lowest BCUT2D eigenvalue weighted by molar-refractivity contribution is 0.450. The fourth-order valence-electron chi connectivity index (χ4n) is 1.36. The minimum absolute atomic E-state index is 0.0544. The van der Waals surface area contributed by atoms with Gasteiger partial charge in [-0.05, 0) is 31.5 Å². The van der Waals surface area contributed by atoms with Crippen LogP contribution >= 0.6 is 0 Å². The van der Waals surface area contributed by atoms with E-state index in [1.54, 1.807) is 0 Å². The summed E-state index contributed by atoms with van der Waals surface area (Å²) in [6.07, 6.45) is 0. The van der Waals surface area contributed by atoms with Crippen molar-refractivity contribution in [1.29, 1.82) is 0 Å². The third-order valence-corrected chi connectivity index (χ3v) is 2.20. The molecular weight excluding hydrogens is 164 g/mol. The Labute approximate surface area is 76.5 Å². The average molecular weight is 176 g/mol. The lowest BCUT2D eigenvalue weighted by atomic mass is 10.1. The quantitative estimate of drug-likeness (QED) is 0.724. The first kappa shape index (κ1) is 8.26. The van der Waals surface area contributed by atoms with Crippen molar-refractivity contribution in [3.63, 3.8) is 0 Å². The molecule has 2 rings (SSSR count). The Hall–Kier alpha value is -1.35. The van der Waals surface area contributed by atoms with Crippen LogP contribution in [-0.2, 0) is 0 Å². The van der Waals surface area contributed by atoms with Crippen LogP contribution in [0, 0.1) is 6.92 Å². The topological polar surface area (TPSA) is 52.0 Å². The summed E-state index contributed by atoms with van der Waals surface area (Å²) >= 11 is 0. The van der Waals surface area contributed by atoms with Crippen LogP contribution in [0.4, 0.5) is 0 Å². The summed E-state index contributed by atoms with van der Waals surface area (Å²) in [6.45, 7) is 3.89. The van der Waals surface area contributed by atoms with Crippen molar-refractivity contribution in [2.45, 2.75) is 19.9 Å². The molecule has 0 bridgehead atoms. The molecule has 0 radical (unpaired) electrons. The van der Waals surface area contributed by atoms with E-state index in [0.29, 0.717) is 0 Å². The van der Waals surface area contributed by atoms with Gasteiger partial charge in [0.2, 0.25) is 0 Å². The molecule has 0 spiro atoms. The van der Waals surface area contributed by atoms with E-state index in [9.17, 15) is 0 Å². The van der Waals surface area contributed by atoms with Gasteiger partial charge in [0.15, 0.2) is 5.58 Å². The van der Waals surface area contributed by atoms with Gasteiger partial charge in [0.05, 0.1) is 5.69 Å². The summed E-state index contributed by atoms with van der Waals surface area (Å²) in [6, 6.07) is 5.97. The van der Waals surface area contributed by atoms with Gasteiger partial charge in [0.1, 0.15) is 0 Å². The monoisotopic (exact) mass is 176 g/mol. The van der Waals surface area contributed by atoms with E-state index >= 15 is 0 Å². The van der Waals surface area contributed by atoms with E-state index in [1.165, 1.54) is 0 Å². The Morgan fingerprint density at radius 2 is 2.23 bits per heavy atom. The maximum absolute atomic E-state index is 5.77. The number of benzene rings is 1. The van der Waals surface area contributed by atoms with Gasteiger partial charge in [0, 0.05) is 11.4 Å². The van der Waals surface area contributed by atoms with Gasteiger partial charge in [-0.15, -0.1) is 0 Å². The highest BCUT2D eigenvalue weighted by molar-refractivity contribution is 5.79. The first-order chi connectivity index (χ1) is 6.18. The van der Waals surface area contributed by atoms with Crippen molar-refractivity contribution >= 4 is 11.0 Å². The summed E-state index contributed by atoms with van der Waals surface area (Å²) in [5.41, 5.74) is 8.62. The number of fused-ring (bicyclic) bond motifs is 1. The Morgan fingerprint density at radius 1 is 1.46 bits per heavy atom. The number of nitrogens with zero attached hydrogens (tertiary/aromatic N) is 1. The van der Waals surface area contributed by atoms with Crippen LogP contribution in [0.25, 0.3) is 11.0 Å². The van der Waals surface area contributed by atoms with Crippen molar-refractivity contribution in [2.24, 2.45) is 5.73 Å². The average Bonchev–Trinajstić information content (AvgIpc) is 2.47. The van der Waals surface area contributed by atoms with Crippen molar-refractivity contribution < 1.29 is 4.52 Å². The number of hydrogen-bond donors (Lipinski definition) is 1. The van der Waals surface area contributed by atoms with E-state index in [4.69, 9.17) is 10.3 Å². The Bertz CT molecular complexity index is 431. The molecule has 1 atom stereocenters. The highest BCUT2D eigenvalue weighted by Gasteiger charge is 2.06. The second kappa shape index (κ2) is 2.85. The van der Waals surface area contributed by atoms with Gasteiger partial charge in [-0.1, -0.05) is 11.2 Å². The Kier molecular flexibility index (Phi) is 1.81. The summed E-state index contributed by atoms with van der Waals surface area (Å²) in [5, 5.41) is 4.93. The van der Waals surface area contributed by atoms with Crippen LogP contribution in [0.3, 0.4) is 0 Å². The molecule has 68 valence electrons. The highest BCUT2D eigenvalue weighted by Crippen LogP contribution is 2.21. The van der Waals surface area contributed by atoms with Crippen LogP contribution < -0.4 is 5.73 Å². The maximum atomic E-state index is 5.77. The molecule has 0 aliphatic heterocycles. The minimum atomic E-state index is 0.0544. The smallest absolute Gasteiger partial charge is 0.167 e. The predicted octanol–water partition coefficient (Wildman–Crippen LogP) is 2.16. The number of aryl methyl sites for hydroxylation is 1. The maximum Gasteiger partial charge on any atom is 0.167 e. The molecule has 1 aromatic heterocycles. The number of hydrogen-bond acceptors (Lipinski definition) is 3. The molecule has 2 N–H and O–H groups in total. The van der Waals surface area contributed by atoms with Gasteiger partial charge in [-0.2, -0.15) is 0 Å². The summed E-state index contributed by atoms with van der Waals surface area (Å²) in [4.78, 5) is 0. The second-order valence-corrected chi connectivity index (χ2v) is 3.31. The number of nitrogens with two attached hydrogens (primary N) is 1. The van der Waals surface area contributed by atoms with Gasteiger partial charge < -0.3 is 10.3 Å². The highest BCUT2D eigenvalue weighted by atomic mass is 16.5. The molecule has 0 amide bonds. The van der Waals surface area contributed by atoms with Crippen molar-refractivity contribution in [2.75, 3.05) is 0 Å². The predicted molar refractivity (Wildman–Crippen MR) is 51.3 cm³/mol. The molecule has 13 heavy (non-hydrogen) atoms. The van der Waals surface area contributed by atoms with E-state index in [0.717, 1.165) is 22.2 Å². The molecule has 3 nitrogen and oxygen atoms in total. The van der Waals surface area contributed by atoms with Crippen LogP contribution in [0.1, 0.15) is 24.2 Å². The van der Waals surface area contributed by atoms with Gasteiger partial charge in [0.25, 0.3) is 0 Å². The zero-order valence-electron chi connectivity index (χ0n) is 7.74. The fourth-order valence-corrected chi connectivity index (χ4v) is 1.36. The second-order valence-electron chi connectivity index (χ2n) is 3.31. The minimum Gasteiger partial charge on any atom is -0.356 e. The van der Waals surface area contributed by atoms with Crippen LogP contribution in [0.15, 0.2) is 22.7 Å². The normalized spacial score (nSPS) is 13.5. The molecule has 0 fully saturated rings. The molecule has 0 saturated carbocycles. The number of rotatable bonds is 1. The third kappa shape index (κ3) is 1.31. The van der Waals surface area contributed by atoms with E-state index in [1.807, 2.05) is 32.0 Å². The van der Waals surface area contributed by atoms with Crippen LogP contribution in [0.5, 0.6) is 0 Å². The van der Waals surface area contributed by atoms with Gasteiger partial charge in [-0.25, -0.2) is 0 Å². The van der Waals surface area contributed by atoms with Crippen molar-refractivity contribution in [3.05, 3.63) is 29.5 Å². The lowest BCUT2D eigenvalue weighted by Crippen LogP contribution is -2.04.